The van der Waals surface area contributed by atoms with Crippen LogP contribution in [0.15, 0.2) is 0 Å². The molecule has 1 rings (SSSR count). The first-order valence-corrected chi connectivity index (χ1v) is 6.82. The second-order valence-electron chi connectivity index (χ2n) is 5.49. The SMILES string of the molecule is CC(C)CN1CCC(NCCCC(N)=O)CC1. The largest absolute Gasteiger partial charge is 0.370 e. The normalized spacial score (nSPS) is 18.8. The summed E-state index contributed by atoms with van der Waals surface area (Å²) in [7, 11) is 0. The van der Waals surface area contributed by atoms with E-state index in [-0.39, 0.29) is 5.91 Å². The molecule has 0 atom stereocenters. The maximum Gasteiger partial charge on any atom is 0.217 e. The van der Waals surface area contributed by atoms with Gasteiger partial charge in [0, 0.05) is 19.0 Å². The second-order valence-corrected chi connectivity index (χ2v) is 5.49. The molecule has 100 valence electrons. The van der Waals surface area contributed by atoms with Crippen molar-refractivity contribution in [3.8, 4) is 0 Å². The summed E-state index contributed by atoms with van der Waals surface area (Å²) in [6.07, 6.45) is 3.81. The summed E-state index contributed by atoms with van der Waals surface area (Å²) >= 11 is 0. The number of likely N-dealkylation sites (tertiary alicyclic amines) is 1. The Morgan fingerprint density at radius 2 is 2.06 bits per heavy atom. The minimum Gasteiger partial charge on any atom is -0.370 e. The summed E-state index contributed by atoms with van der Waals surface area (Å²) < 4.78 is 0. The van der Waals surface area contributed by atoms with Crippen molar-refractivity contribution in [2.45, 2.75) is 45.6 Å². The fraction of sp³-hybridized carbons (Fsp3) is 0.923. The van der Waals surface area contributed by atoms with Gasteiger partial charge >= 0.3 is 0 Å². The average molecular weight is 241 g/mol. The number of amides is 1. The van der Waals surface area contributed by atoms with Crippen molar-refractivity contribution in [1.82, 2.24) is 10.2 Å². The molecule has 0 bridgehead atoms. The second kappa shape index (κ2) is 7.67. The van der Waals surface area contributed by atoms with Gasteiger partial charge in [-0.25, -0.2) is 0 Å². The number of nitrogens with two attached hydrogens (primary N) is 1. The molecular weight excluding hydrogens is 214 g/mol. The standard InChI is InChI=1S/C13H27N3O/c1-11(2)10-16-8-5-12(6-9-16)15-7-3-4-13(14)17/h11-12,15H,3-10H2,1-2H3,(H2,14,17). The van der Waals surface area contributed by atoms with Gasteiger partial charge in [0.1, 0.15) is 0 Å². The lowest BCUT2D eigenvalue weighted by molar-refractivity contribution is -0.118. The highest BCUT2D eigenvalue weighted by atomic mass is 16.1. The lowest BCUT2D eigenvalue weighted by Crippen LogP contribution is -2.43. The van der Waals surface area contributed by atoms with E-state index in [1.54, 1.807) is 0 Å². The first-order chi connectivity index (χ1) is 8.08. The Morgan fingerprint density at radius 3 is 2.59 bits per heavy atom. The summed E-state index contributed by atoms with van der Waals surface area (Å²) in [6, 6.07) is 0.631. The summed E-state index contributed by atoms with van der Waals surface area (Å²) in [6.45, 7) is 9.08. The van der Waals surface area contributed by atoms with Crippen molar-refractivity contribution in [3.63, 3.8) is 0 Å². The molecule has 4 nitrogen and oxygen atoms in total. The topological polar surface area (TPSA) is 58.4 Å². The molecule has 0 aromatic carbocycles. The highest BCUT2D eigenvalue weighted by molar-refractivity contribution is 5.73. The Labute approximate surface area is 105 Å². The van der Waals surface area contributed by atoms with Crippen molar-refractivity contribution >= 4 is 5.91 Å². The van der Waals surface area contributed by atoms with Gasteiger partial charge < -0.3 is 16.0 Å². The van der Waals surface area contributed by atoms with E-state index in [1.807, 2.05) is 0 Å². The molecule has 1 aliphatic heterocycles. The van der Waals surface area contributed by atoms with E-state index in [4.69, 9.17) is 5.73 Å². The van der Waals surface area contributed by atoms with Crippen LogP contribution < -0.4 is 11.1 Å². The van der Waals surface area contributed by atoms with Gasteiger partial charge in [-0.05, 0) is 44.8 Å². The number of carbonyl (C=O) groups excluding carboxylic acids is 1. The Bertz CT molecular complexity index is 223. The average Bonchev–Trinajstić information content (AvgIpc) is 2.25. The molecule has 1 saturated heterocycles. The van der Waals surface area contributed by atoms with Crippen LogP contribution in [0, 0.1) is 5.92 Å². The summed E-state index contributed by atoms with van der Waals surface area (Å²) in [5.41, 5.74) is 5.10. The van der Waals surface area contributed by atoms with Crippen molar-refractivity contribution in [3.05, 3.63) is 0 Å². The molecule has 0 radical (unpaired) electrons. The first-order valence-electron chi connectivity index (χ1n) is 6.82. The molecule has 1 heterocycles. The molecule has 0 aromatic heterocycles. The third-order valence-corrected chi connectivity index (χ3v) is 3.24. The Balaban J connectivity index is 2.04. The molecule has 17 heavy (non-hydrogen) atoms. The molecule has 0 aliphatic carbocycles. The van der Waals surface area contributed by atoms with E-state index in [0.29, 0.717) is 12.5 Å². The van der Waals surface area contributed by atoms with Crippen LogP contribution in [0.5, 0.6) is 0 Å². The lowest BCUT2D eigenvalue weighted by Gasteiger charge is -2.33. The number of primary amides is 1. The molecule has 0 saturated carbocycles. The Kier molecular flexibility index (Phi) is 6.52. The third-order valence-electron chi connectivity index (χ3n) is 3.24. The summed E-state index contributed by atoms with van der Waals surface area (Å²) in [5, 5.41) is 3.52. The van der Waals surface area contributed by atoms with Gasteiger partial charge in [-0.1, -0.05) is 13.8 Å². The minimum absolute atomic E-state index is 0.196. The van der Waals surface area contributed by atoms with E-state index in [1.165, 1.54) is 32.5 Å². The molecule has 4 heteroatoms. The molecule has 1 aliphatic rings. The van der Waals surface area contributed by atoms with Gasteiger partial charge in [-0.15, -0.1) is 0 Å². The zero-order valence-corrected chi connectivity index (χ0v) is 11.2. The van der Waals surface area contributed by atoms with Crippen LogP contribution >= 0.6 is 0 Å². The van der Waals surface area contributed by atoms with Crippen LogP contribution in [0.1, 0.15) is 39.5 Å². The number of hydrogen-bond donors (Lipinski definition) is 2. The lowest BCUT2D eigenvalue weighted by atomic mass is 10.0. The van der Waals surface area contributed by atoms with E-state index in [2.05, 4.69) is 24.1 Å². The number of piperidine rings is 1. The number of rotatable bonds is 7. The molecule has 3 N–H and O–H groups in total. The van der Waals surface area contributed by atoms with Crippen LogP contribution in [-0.2, 0) is 4.79 Å². The zero-order valence-electron chi connectivity index (χ0n) is 11.2. The molecule has 0 aromatic rings. The van der Waals surface area contributed by atoms with Crippen LogP contribution in [0.2, 0.25) is 0 Å². The summed E-state index contributed by atoms with van der Waals surface area (Å²) in [5.74, 6) is 0.564. The number of nitrogens with zero attached hydrogens (tertiary/aromatic N) is 1. The molecule has 1 amide bonds. The van der Waals surface area contributed by atoms with Gasteiger partial charge in [0.05, 0.1) is 0 Å². The molecule has 1 fully saturated rings. The number of hydrogen-bond acceptors (Lipinski definition) is 3. The quantitative estimate of drug-likeness (QED) is 0.653. The first kappa shape index (κ1) is 14.5. The molecule has 0 spiro atoms. The van der Waals surface area contributed by atoms with Gasteiger partial charge in [-0.2, -0.15) is 0 Å². The van der Waals surface area contributed by atoms with Crippen molar-refractivity contribution < 1.29 is 4.79 Å². The van der Waals surface area contributed by atoms with Gasteiger partial charge in [0.15, 0.2) is 0 Å². The third kappa shape index (κ3) is 6.64. The minimum atomic E-state index is -0.196. The number of nitrogens with one attached hydrogen (secondary N) is 1. The predicted molar refractivity (Wildman–Crippen MR) is 70.7 cm³/mol. The van der Waals surface area contributed by atoms with Gasteiger partial charge in [0.25, 0.3) is 0 Å². The molecular formula is C13H27N3O. The van der Waals surface area contributed by atoms with Crippen LogP contribution in [0.25, 0.3) is 0 Å². The maximum atomic E-state index is 10.6. The summed E-state index contributed by atoms with van der Waals surface area (Å²) in [4.78, 5) is 13.1. The predicted octanol–water partition coefficient (Wildman–Crippen LogP) is 0.962. The smallest absolute Gasteiger partial charge is 0.217 e. The highest BCUT2D eigenvalue weighted by Crippen LogP contribution is 2.11. The zero-order chi connectivity index (χ0) is 12.7. The fourth-order valence-electron chi connectivity index (χ4n) is 2.40. The van der Waals surface area contributed by atoms with Crippen LogP contribution in [0.4, 0.5) is 0 Å². The van der Waals surface area contributed by atoms with E-state index < -0.39 is 0 Å². The van der Waals surface area contributed by atoms with Gasteiger partial charge in [-0.3, -0.25) is 4.79 Å². The molecule has 0 unspecified atom stereocenters. The van der Waals surface area contributed by atoms with Crippen LogP contribution in [0.3, 0.4) is 0 Å². The van der Waals surface area contributed by atoms with E-state index in [9.17, 15) is 4.79 Å². The Hall–Kier alpha value is -0.610. The monoisotopic (exact) mass is 241 g/mol. The van der Waals surface area contributed by atoms with Crippen molar-refractivity contribution in [2.24, 2.45) is 11.7 Å². The number of carbonyl (C=O) groups is 1. The van der Waals surface area contributed by atoms with Crippen molar-refractivity contribution in [2.75, 3.05) is 26.2 Å². The van der Waals surface area contributed by atoms with Crippen LogP contribution in [-0.4, -0.2) is 43.0 Å². The fourth-order valence-corrected chi connectivity index (χ4v) is 2.40. The van der Waals surface area contributed by atoms with Gasteiger partial charge in [0.2, 0.25) is 5.91 Å². The highest BCUT2D eigenvalue weighted by Gasteiger charge is 2.18. The van der Waals surface area contributed by atoms with E-state index >= 15 is 0 Å². The Morgan fingerprint density at radius 1 is 1.41 bits per heavy atom. The van der Waals surface area contributed by atoms with Crippen molar-refractivity contribution in [1.29, 1.82) is 0 Å². The maximum absolute atomic E-state index is 10.6. The van der Waals surface area contributed by atoms with E-state index in [0.717, 1.165) is 18.9 Å².